The van der Waals surface area contributed by atoms with Crippen molar-refractivity contribution >= 4 is 19.6 Å². The zero-order valence-corrected chi connectivity index (χ0v) is 25.0. The molecule has 3 unspecified atom stereocenters. The Balaban J connectivity index is 4.12. The lowest BCUT2D eigenvalue weighted by Crippen LogP contribution is -2.56. The zero-order valence-electron chi connectivity index (χ0n) is 24.2. The van der Waals surface area contributed by atoms with E-state index >= 15 is 0 Å². The fourth-order valence-electron chi connectivity index (χ4n) is 4.87. The lowest BCUT2D eigenvalue weighted by atomic mass is 9.95. The quantitative estimate of drug-likeness (QED) is 0.0772. The van der Waals surface area contributed by atoms with Crippen LogP contribution in [0.25, 0.3) is 0 Å². The molecule has 218 valence electrons. The highest BCUT2D eigenvalue weighted by Gasteiger charge is 2.56. The lowest BCUT2D eigenvalue weighted by Gasteiger charge is -2.23. The number of hydrogen-bond acceptors (Lipinski definition) is 6. The number of nitrogens with two attached hydrogens (primary N) is 1. The minimum Gasteiger partial charge on any atom is -0.593 e. The Hall–Kier alpha value is -0.680. The van der Waals surface area contributed by atoms with Crippen LogP contribution in [0.5, 0.6) is 0 Å². The van der Waals surface area contributed by atoms with Crippen molar-refractivity contribution in [3.05, 3.63) is 0 Å². The van der Waals surface area contributed by atoms with Gasteiger partial charge in [-0.1, -0.05) is 147 Å². The van der Waals surface area contributed by atoms with Crippen molar-refractivity contribution < 1.29 is 24.2 Å². The second-order valence-electron chi connectivity index (χ2n) is 10.9. The number of hydrogen-bond donors (Lipinski definition) is 2. The van der Waals surface area contributed by atoms with Gasteiger partial charge in [0.05, 0.1) is 0 Å². The smallest absolute Gasteiger partial charge is 0.355 e. The predicted molar refractivity (Wildman–Crippen MR) is 153 cm³/mol. The largest absolute Gasteiger partial charge is 0.593 e. The lowest BCUT2D eigenvalue weighted by molar-refractivity contribution is -0.183. The van der Waals surface area contributed by atoms with Crippen LogP contribution in [0.1, 0.15) is 168 Å². The van der Waals surface area contributed by atoms with Crippen LogP contribution >= 0.6 is 8.03 Å². The molecular weight excluding hydrogens is 485 g/mol. The number of carbonyl (C=O) groups excluding carboxylic acids is 2. The van der Waals surface area contributed by atoms with Crippen LogP contribution in [0.4, 0.5) is 0 Å². The maximum Gasteiger partial charge on any atom is 0.355 e. The van der Waals surface area contributed by atoms with E-state index in [-0.39, 0.29) is 12.8 Å². The third-order valence-corrected chi connectivity index (χ3v) is 8.59. The summed E-state index contributed by atoms with van der Waals surface area (Å²) in [4.78, 5) is 36.9. The number of carbonyl (C=O) groups is 2. The Bertz CT molecular complexity index is 601. The Morgan fingerprint density at radius 2 is 0.946 bits per heavy atom. The summed E-state index contributed by atoms with van der Waals surface area (Å²) in [6, 6.07) is -1.71. The first-order chi connectivity index (χ1) is 17.8. The summed E-state index contributed by atoms with van der Waals surface area (Å²) >= 11 is 0. The van der Waals surface area contributed by atoms with Crippen molar-refractivity contribution in [2.24, 2.45) is 5.73 Å². The van der Waals surface area contributed by atoms with E-state index in [2.05, 4.69) is 13.8 Å². The third-order valence-electron chi connectivity index (χ3n) is 7.50. The van der Waals surface area contributed by atoms with Gasteiger partial charge in [-0.05, 0) is 12.8 Å². The number of rotatable bonds is 28. The molecule has 0 aliphatic carbocycles. The van der Waals surface area contributed by atoms with Crippen molar-refractivity contribution in [2.45, 2.75) is 179 Å². The van der Waals surface area contributed by atoms with Gasteiger partial charge in [0, 0.05) is 12.8 Å². The summed E-state index contributed by atoms with van der Waals surface area (Å²) in [5.74, 6) is -1.40. The van der Waals surface area contributed by atoms with Gasteiger partial charge in [0.2, 0.25) is 5.78 Å². The van der Waals surface area contributed by atoms with E-state index in [9.17, 15) is 24.2 Å². The van der Waals surface area contributed by atoms with Gasteiger partial charge in [-0.2, -0.15) is 0 Å². The second kappa shape index (κ2) is 24.4. The monoisotopic (exact) mass is 543 g/mol. The molecule has 0 saturated carbocycles. The molecule has 0 fully saturated rings. The number of Topliss-reactive ketones (excluding diaryl/α,β-unsaturated/α-hetero) is 2. The van der Waals surface area contributed by atoms with Crippen molar-refractivity contribution in [2.75, 3.05) is 0 Å². The molecule has 37 heavy (non-hydrogen) atoms. The van der Waals surface area contributed by atoms with Crippen molar-refractivity contribution in [1.29, 1.82) is 0 Å². The minimum atomic E-state index is -3.57. The molecule has 7 heteroatoms. The van der Waals surface area contributed by atoms with Crippen LogP contribution in [0.3, 0.4) is 0 Å². The molecule has 0 saturated heterocycles. The molecule has 0 aromatic carbocycles. The van der Waals surface area contributed by atoms with Crippen LogP contribution in [0.2, 0.25) is 0 Å². The van der Waals surface area contributed by atoms with Crippen LogP contribution < -0.4 is 10.6 Å². The van der Waals surface area contributed by atoms with E-state index in [1.54, 1.807) is 0 Å². The van der Waals surface area contributed by atoms with Gasteiger partial charge in [0.15, 0.2) is 5.78 Å². The van der Waals surface area contributed by atoms with Crippen molar-refractivity contribution in [1.82, 2.24) is 0 Å². The highest BCUT2D eigenvalue weighted by molar-refractivity contribution is 7.39. The minimum absolute atomic E-state index is 0.0732. The third kappa shape index (κ3) is 17.5. The number of aliphatic hydroxyl groups is 1. The van der Waals surface area contributed by atoms with E-state index in [1.165, 1.54) is 89.9 Å². The Kier molecular flexibility index (Phi) is 23.9. The molecule has 0 amide bonds. The van der Waals surface area contributed by atoms with E-state index in [0.717, 1.165) is 38.5 Å². The van der Waals surface area contributed by atoms with Gasteiger partial charge >= 0.3 is 13.4 Å². The molecule has 0 aromatic heterocycles. The Labute approximate surface area is 228 Å². The first kappa shape index (κ1) is 36.3. The van der Waals surface area contributed by atoms with Crippen LogP contribution in [0, 0.1) is 0 Å². The predicted octanol–water partition coefficient (Wildman–Crippen LogP) is 7.65. The molecule has 3 atom stereocenters. The maximum atomic E-state index is 12.6. The van der Waals surface area contributed by atoms with Gasteiger partial charge in [0.25, 0.3) is 0 Å². The summed E-state index contributed by atoms with van der Waals surface area (Å²) in [6.07, 6.45) is 24.8. The van der Waals surface area contributed by atoms with E-state index in [4.69, 9.17) is 5.73 Å². The number of ketones is 2. The summed E-state index contributed by atoms with van der Waals surface area (Å²) in [6.45, 7) is 4.43. The first-order valence-electron chi connectivity index (χ1n) is 15.5. The molecule has 0 aromatic rings. The highest BCUT2D eigenvalue weighted by Crippen LogP contribution is 2.35. The molecule has 0 radical (unpaired) electrons. The maximum absolute atomic E-state index is 12.6. The zero-order chi connectivity index (χ0) is 27.8. The van der Waals surface area contributed by atoms with E-state index in [1.807, 2.05) is 0 Å². The molecule has 0 spiro atoms. The van der Waals surface area contributed by atoms with Gasteiger partial charge in [0.1, 0.15) is 6.04 Å². The first-order valence-corrected chi connectivity index (χ1v) is 16.7. The second-order valence-corrected chi connectivity index (χ2v) is 12.1. The molecular formula is C30H58NO5P. The number of unbranched alkanes of at least 4 members (excludes halogenated alkanes) is 20. The summed E-state index contributed by atoms with van der Waals surface area (Å²) in [5.41, 5.74) is 5.85. The molecule has 0 heterocycles. The van der Waals surface area contributed by atoms with E-state index in [0.29, 0.717) is 12.8 Å². The molecule has 0 aliphatic heterocycles. The molecule has 3 N–H and O–H groups in total. The van der Waals surface area contributed by atoms with Gasteiger partial charge < -0.3 is 15.7 Å². The van der Waals surface area contributed by atoms with Crippen LogP contribution in [0.15, 0.2) is 0 Å². The van der Waals surface area contributed by atoms with Gasteiger partial charge in [-0.25, -0.2) is 0 Å². The topological polar surface area (TPSA) is 121 Å². The normalized spacial score (nSPS) is 14.4. The average molecular weight is 544 g/mol. The highest BCUT2D eigenvalue weighted by atomic mass is 31.1. The van der Waals surface area contributed by atoms with Crippen LogP contribution in [-0.4, -0.2) is 28.1 Å². The van der Waals surface area contributed by atoms with Crippen molar-refractivity contribution in [3.63, 3.8) is 0 Å². The summed E-state index contributed by atoms with van der Waals surface area (Å²) < 4.78 is 11.8. The molecule has 6 nitrogen and oxygen atoms in total. The van der Waals surface area contributed by atoms with Gasteiger partial charge in [-0.3, -0.25) is 9.59 Å². The summed E-state index contributed by atoms with van der Waals surface area (Å²) in [7, 11) is -3.57. The fourth-order valence-corrected chi connectivity index (χ4v) is 5.55. The molecule has 0 aliphatic rings. The van der Waals surface area contributed by atoms with E-state index < -0.39 is 31.0 Å². The SMILES string of the molecule is CCCCCCCCCCCCCC(=O)C(N)C(O)(C(=O)CCCCCCCCCCCCC)[P+](=O)[O-]. The van der Waals surface area contributed by atoms with Crippen molar-refractivity contribution in [3.8, 4) is 0 Å². The standard InChI is InChI=1S/C30H58NO5P/c1-3-5-7-9-11-13-15-17-19-21-23-25-27(32)29(31)30(34,37(35)36)28(33)26-24-22-20-18-16-14-12-10-8-6-4-2/h29,34H,3-26,31H2,1-2H3. The average Bonchev–Trinajstić information content (AvgIpc) is 2.88. The van der Waals surface area contributed by atoms with Crippen LogP contribution in [-0.2, 0) is 14.2 Å². The molecule has 0 bridgehead atoms. The van der Waals surface area contributed by atoms with Gasteiger partial charge in [-0.15, -0.1) is 0 Å². The Morgan fingerprint density at radius 1 is 0.649 bits per heavy atom. The Morgan fingerprint density at radius 3 is 1.27 bits per heavy atom. The molecule has 0 rings (SSSR count). The summed E-state index contributed by atoms with van der Waals surface area (Å²) in [5, 5.41) is 7.85. The fraction of sp³-hybridized carbons (Fsp3) is 0.933.